The van der Waals surface area contributed by atoms with Crippen molar-refractivity contribution < 1.29 is 4.79 Å². The average Bonchev–Trinajstić information content (AvgIpc) is 2.95. The molecule has 0 radical (unpaired) electrons. The van der Waals surface area contributed by atoms with Gasteiger partial charge >= 0.3 is 0 Å². The molecule has 1 aliphatic rings. The molecule has 2 nitrogen and oxygen atoms in total. The second-order valence-electron chi connectivity index (χ2n) is 5.50. The number of carbonyl (C=O) groups excluding carboxylic acids is 1. The monoisotopic (exact) mass is 297 g/mol. The van der Waals surface area contributed by atoms with Gasteiger partial charge < -0.3 is 4.90 Å². The zero-order valence-corrected chi connectivity index (χ0v) is 13.2. The molecular formula is C18H19NOS. The lowest BCUT2D eigenvalue weighted by Gasteiger charge is -2.32. The molecular weight excluding hydrogens is 278 g/mol. The number of thiophene rings is 1. The summed E-state index contributed by atoms with van der Waals surface area (Å²) in [6, 6.07) is 10.5. The topological polar surface area (TPSA) is 20.3 Å². The van der Waals surface area contributed by atoms with Crippen LogP contribution in [0.15, 0.2) is 41.8 Å². The summed E-state index contributed by atoms with van der Waals surface area (Å²) in [5.74, 6) is 0.0980. The van der Waals surface area contributed by atoms with Gasteiger partial charge in [-0.1, -0.05) is 29.8 Å². The Bertz CT molecular complexity index is 686. The van der Waals surface area contributed by atoms with Crippen LogP contribution in [0.5, 0.6) is 0 Å². The summed E-state index contributed by atoms with van der Waals surface area (Å²) in [7, 11) is 0. The normalized spacial score (nSPS) is 18.0. The van der Waals surface area contributed by atoms with Crippen LogP contribution in [0.25, 0.3) is 6.08 Å². The number of carbonyl (C=O) groups is 1. The third-order valence-electron chi connectivity index (χ3n) is 4.02. The van der Waals surface area contributed by atoms with Crippen LogP contribution in [-0.2, 0) is 11.2 Å². The van der Waals surface area contributed by atoms with E-state index >= 15 is 0 Å². The molecule has 0 saturated carbocycles. The molecule has 0 spiro atoms. The fourth-order valence-corrected chi connectivity index (χ4v) is 3.81. The number of hydrogen-bond donors (Lipinski definition) is 0. The number of aryl methyl sites for hydroxylation is 1. The van der Waals surface area contributed by atoms with Crippen LogP contribution >= 0.6 is 11.3 Å². The molecule has 0 aliphatic carbocycles. The van der Waals surface area contributed by atoms with Crippen molar-refractivity contribution in [2.45, 2.75) is 26.3 Å². The van der Waals surface area contributed by atoms with E-state index in [0.29, 0.717) is 0 Å². The lowest BCUT2D eigenvalue weighted by molar-refractivity contribution is -0.128. The first kappa shape index (κ1) is 14.1. The van der Waals surface area contributed by atoms with Crippen LogP contribution in [0.4, 0.5) is 0 Å². The summed E-state index contributed by atoms with van der Waals surface area (Å²) in [5.41, 5.74) is 3.59. The average molecular weight is 297 g/mol. The lowest BCUT2D eigenvalue weighted by Crippen LogP contribution is -2.37. The summed E-state index contributed by atoms with van der Waals surface area (Å²) < 4.78 is 0. The number of benzene rings is 1. The van der Waals surface area contributed by atoms with Crippen LogP contribution < -0.4 is 0 Å². The smallest absolute Gasteiger partial charge is 0.247 e. The molecule has 0 N–H and O–H groups in total. The zero-order chi connectivity index (χ0) is 14.8. The van der Waals surface area contributed by atoms with Crippen molar-refractivity contribution in [1.82, 2.24) is 4.90 Å². The second-order valence-corrected chi connectivity index (χ2v) is 6.50. The molecule has 0 saturated heterocycles. The van der Waals surface area contributed by atoms with Gasteiger partial charge in [-0.05, 0) is 48.9 Å². The van der Waals surface area contributed by atoms with E-state index in [1.165, 1.54) is 16.0 Å². The zero-order valence-electron chi connectivity index (χ0n) is 12.4. The van der Waals surface area contributed by atoms with E-state index < -0.39 is 0 Å². The summed E-state index contributed by atoms with van der Waals surface area (Å²) in [6.07, 6.45) is 4.58. The van der Waals surface area contributed by atoms with Crippen molar-refractivity contribution in [1.29, 1.82) is 0 Å². The minimum atomic E-state index is 0.0980. The molecule has 21 heavy (non-hydrogen) atoms. The highest BCUT2D eigenvalue weighted by molar-refractivity contribution is 7.10. The van der Waals surface area contributed by atoms with Crippen molar-refractivity contribution in [3.63, 3.8) is 0 Å². The minimum Gasteiger partial charge on any atom is -0.332 e. The quantitative estimate of drug-likeness (QED) is 0.760. The van der Waals surface area contributed by atoms with Gasteiger partial charge in [0.1, 0.15) is 0 Å². The molecule has 0 bridgehead atoms. The maximum absolute atomic E-state index is 12.4. The third-order valence-corrected chi connectivity index (χ3v) is 5.02. The van der Waals surface area contributed by atoms with Gasteiger partial charge in [-0.25, -0.2) is 0 Å². The molecule has 2 aromatic rings. The molecule has 2 heterocycles. The predicted octanol–water partition coefficient (Wildman–Crippen LogP) is 4.22. The number of amides is 1. The minimum absolute atomic E-state index is 0.0980. The van der Waals surface area contributed by atoms with Gasteiger partial charge in [0.2, 0.25) is 5.91 Å². The van der Waals surface area contributed by atoms with Gasteiger partial charge in [0.15, 0.2) is 0 Å². The Labute approximate surface area is 129 Å². The molecule has 1 aromatic carbocycles. The number of hydrogen-bond acceptors (Lipinski definition) is 2. The van der Waals surface area contributed by atoms with E-state index in [9.17, 15) is 4.79 Å². The molecule has 1 aromatic heterocycles. The Morgan fingerprint density at radius 1 is 1.38 bits per heavy atom. The Kier molecular flexibility index (Phi) is 3.93. The van der Waals surface area contributed by atoms with Crippen molar-refractivity contribution in [2.24, 2.45) is 0 Å². The van der Waals surface area contributed by atoms with Crippen LogP contribution in [0.2, 0.25) is 0 Å². The maximum Gasteiger partial charge on any atom is 0.247 e. The fraction of sp³-hybridized carbons (Fsp3) is 0.278. The molecule has 3 heteroatoms. The summed E-state index contributed by atoms with van der Waals surface area (Å²) in [5, 5.41) is 2.12. The first-order valence-electron chi connectivity index (χ1n) is 7.27. The summed E-state index contributed by atoms with van der Waals surface area (Å²) in [6.45, 7) is 4.98. The van der Waals surface area contributed by atoms with Gasteiger partial charge in [-0.15, -0.1) is 11.3 Å². The maximum atomic E-state index is 12.4. The van der Waals surface area contributed by atoms with E-state index in [-0.39, 0.29) is 11.9 Å². The largest absolute Gasteiger partial charge is 0.332 e. The van der Waals surface area contributed by atoms with Gasteiger partial charge in [0.05, 0.1) is 6.04 Å². The van der Waals surface area contributed by atoms with Crippen LogP contribution in [-0.4, -0.2) is 17.4 Å². The standard InChI is InChI=1S/C18H19NOS/c1-13-4-3-5-15(12-13)6-7-18(20)19-10-8-17-16(14(19)2)9-11-21-17/h3-7,9,11-12,14H,8,10H2,1-2H3/b7-6+/t14-/m1/s1. The number of rotatable bonds is 2. The van der Waals surface area contributed by atoms with E-state index in [2.05, 4.69) is 37.4 Å². The van der Waals surface area contributed by atoms with Gasteiger partial charge in [0.25, 0.3) is 0 Å². The van der Waals surface area contributed by atoms with E-state index in [4.69, 9.17) is 0 Å². The van der Waals surface area contributed by atoms with Crippen LogP contribution in [0.3, 0.4) is 0 Å². The second kappa shape index (κ2) is 5.86. The molecule has 1 aliphatic heterocycles. The molecule has 1 atom stereocenters. The molecule has 0 fully saturated rings. The first-order valence-corrected chi connectivity index (χ1v) is 8.15. The first-order chi connectivity index (χ1) is 10.1. The SMILES string of the molecule is Cc1cccc(/C=C/C(=O)N2CCc3sccc3[C@H]2C)c1. The van der Waals surface area contributed by atoms with E-state index in [0.717, 1.165) is 18.5 Å². The third kappa shape index (κ3) is 2.93. The molecule has 0 unspecified atom stereocenters. The van der Waals surface area contributed by atoms with Crippen molar-refractivity contribution in [2.75, 3.05) is 6.54 Å². The Morgan fingerprint density at radius 3 is 3.05 bits per heavy atom. The molecule has 108 valence electrons. The van der Waals surface area contributed by atoms with Gasteiger partial charge in [-0.3, -0.25) is 4.79 Å². The Hall–Kier alpha value is -1.87. The van der Waals surface area contributed by atoms with Crippen molar-refractivity contribution >= 4 is 23.3 Å². The van der Waals surface area contributed by atoms with Crippen molar-refractivity contribution in [3.8, 4) is 0 Å². The van der Waals surface area contributed by atoms with Gasteiger partial charge in [-0.2, -0.15) is 0 Å². The highest BCUT2D eigenvalue weighted by atomic mass is 32.1. The Morgan fingerprint density at radius 2 is 2.24 bits per heavy atom. The highest BCUT2D eigenvalue weighted by Crippen LogP contribution is 2.32. The van der Waals surface area contributed by atoms with Crippen LogP contribution in [0.1, 0.15) is 34.5 Å². The van der Waals surface area contributed by atoms with E-state index in [1.54, 1.807) is 17.4 Å². The van der Waals surface area contributed by atoms with Crippen LogP contribution in [0, 0.1) is 6.92 Å². The predicted molar refractivity (Wildman–Crippen MR) is 88.4 cm³/mol. The number of nitrogens with zero attached hydrogens (tertiary/aromatic N) is 1. The fourth-order valence-electron chi connectivity index (χ4n) is 2.85. The summed E-state index contributed by atoms with van der Waals surface area (Å²) in [4.78, 5) is 15.8. The van der Waals surface area contributed by atoms with E-state index in [1.807, 2.05) is 23.1 Å². The van der Waals surface area contributed by atoms with Crippen molar-refractivity contribution in [3.05, 3.63) is 63.4 Å². The summed E-state index contributed by atoms with van der Waals surface area (Å²) >= 11 is 1.80. The Balaban J connectivity index is 1.74. The highest BCUT2D eigenvalue weighted by Gasteiger charge is 2.26. The lowest BCUT2D eigenvalue weighted by atomic mass is 10.0. The van der Waals surface area contributed by atoms with Gasteiger partial charge in [0, 0.05) is 17.5 Å². The molecule has 1 amide bonds. The molecule has 3 rings (SSSR count). The number of fused-ring (bicyclic) bond motifs is 1.